The first-order valence-electron chi connectivity index (χ1n) is 10.5. The van der Waals surface area contributed by atoms with E-state index in [4.69, 9.17) is 0 Å². The molecule has 3 fully saturated rings. The van der Waals surface area contributed by atoms with E-state index in [1.165, 1.54) is 25.7 Å². The topological polar surface area (TPSA) is 64.6 Å². The summed E-state index contributed by atoms with van der Waals surface area (Å²) >= 11 is 0. The predicted molar refractivity (Wildman–Crippen MR) is 107 cm³/mol. The van der Waals surface area contributed by atoms with Gasteiger partial charge in [0.2, 0.25) is 5.91 Å². The van der Waals surface area contributed by atoms with Crippen LogP contribution in [0, 0.1) is 5.92 Å². The molecule has 3 heterocycles. The highest BCUT2D eigenvalue weighted by atomic mass is 16.2. The molecule has 7 nitrogen and oxygen atoms in total. The van der Waals surface area contributed by atoms with Crippen molar-refractivity contribution in [2.24, 2.45) is 5.92 Å². The average molecular weight is 373 g/mol. The Morgan fingerprint density at radius 3 is 2.74 bits per heavy atom. The minimum absolute atomic E-state index is 0.332. The lowest BCUT2D eigenvalue weighted by Crippen LogP contribution is -2.47. The molecule has 1 saturated carbocycles. The highest BCUT2D eigenvalue weighted by molar-refractivity contribution is 5.76. The van der Waals surface area contributed by atoms with Crippen LogP contribution in [0.2, 0.25) is 0 Å². The van der Waals surface area contributed by atoms with Crippen molar-refractivity contribution in [3.05, 3.63) is 12.4 Å². The van der Waals surface area contributed by atoms with Crippen LogP contribution in [0.5, 0.6) is 0 Å². The molecule has 2 aliphatic heterocycles. The van der Waals surface area contributed by atoms with Crippen molar-refractivity contribution in [1.82, 2.24) is 19.8 Å². The SMILES string of the molecule is CN1CCN(C(=O)CCC2CCCN(c3cc(NC4CC4)ncn3)C2)CC1. The number of amides is 1. The molecule has 1 amide bonds. The van der Waals surface area contributed by atoms with Crippen molar-refractivity contribution in [3.8, 4) is 0 Å². The van der Waals surface area contributed by atoms with Crippen LogP contribution in [0.4, 0.5) is 11.6 Å². The average Bonchev–Trinajstić information content (AvgIpc) is 3.51. The Bertz CT molecular complexity index is 641. The zero-order chi connectivity index (χ0) is 18.6. The number of anilines is 2. The third kappa shape index (κ3) is 5.09. The predicted octanol–water partition coefficient (Wildman–Crippen LogP) is 1.82. The van der Waals surface area contributed by atoms with Crippen molar-refractivity contribution in [1.29, 1.82) is 0 Å². The van der Waals surface area contributed by atoms with Gasteiger partial charge >= 0.3 is 0 Å². The molecule has 3 aliphatic rings. The van der Waals surface area contributed by atoms with Crippen LogP contribution < -0.4 is 10.2 Å². The van der Waals surface area contributed by atoms with Crippen LogP contribution in [-0.2, 0) is 4.79 Å². The maximum Gasteiger partial charge on any atom is 0.222 e. The second-order valence-corrected chi connectivity index (χ2v) is 8.36. The quantitative estimate of drug-likeness (QED) is 0.822. The largest absolute Gasteiger partial charge is 0.367 e. The second-order valence-electron chi connectivity index (χ2n) is 8.36. The van der Waals surface area contributed by atoms with E-state index in [0.29, 0.717) is 24.3 Å². The van der Waals surface area contributed by atoms with E-state index in [1.807, 2.05) is 4.90 Å². The van der Waals surface area contributed by atoms with Gasteiger partial charge in [-0.2, -0.15) is 0 Å². The number of rotatable bonds is 6. The van der Waals surface area contributed by atoms with E-state index >= 15 is 0 Å². The van der Waals surface area contributed by atoms with E-state index < -0.39 is 0 Å². The molecule has 27 heavy (non-hydrogen) atoms. The molecule has 1 aliphatic carbocycles. The third-order valence-electron chi connectivity index (χ3n) is 6.05. The fraction of sp³-hybridized carbons (Fsp3) is 0.750. The van der Waals surface area contributed by atoms with Gasteiger partial charge in [-0.05, 0) is 45.1 Å². The molecular weight excluding hydrogens is 340 g/mol. The lowest BCUT2D eigenvalue weighted by atomic mass is 9.93. The van der Waals surface area contributed by atoms with Crippen molar-refractivity contribution in [3.63, 3.8) is 0 Å². The first kappa shape index (κ1) is 18.5. The second kappa shape index (κ2) is 8.42. The van der Waals surface area contributed by atoms with E-state index in [2.05, 4.69) is 38.2 Å². The fourth-order valence-electron chi connectivity index (χ4n) is 4.09. The molecule has 2 saturated heterocycles. The van der Waals surface area contributed by atoms with Crippen molar-refractivity contribution >= 4 is 17.5 Å². The highest BCUT2D eigenvalue weighted by Crippen LogP contribution is 2.28. The van der Waals surface area contributed by atoms with E-state index in [1.54, 1.807) is 6.33 Å². The van der Waals surface area contributed by atoms with Crippen molar-refractivity contribution < 1.29 is 4.79 Å². The van der Waals surface area contributed by atoms with Gasteiger partial charge in [-0.25, -0.2) is 9.97 Å². The highest BCUT2D eigenvalue weighted by Gasteiger charge is 2.25. The third-order valence-corrected chi connectivity index (χ3v) is 6.05. The van der Waals surface area contributed by atoms with Crippen molar-refractivity contribution in [2.45, 2.75) is 44.6 Å². The Hall–Kier alpha value is -1.89. The van der Waals surface area contributed by atoms with Gasteiger partial charge in [0.15, 0.2) is 0 Å². The number of piperazine rings is 1. The molecule has 148 valence electrons. The fourth-order valence-corrected chi connectivity index (χ4v) is 4.09. The summed E-state index contributed by atoms with van der Waals surface area (Å²) in [5, 5.41) is 3.45. The number of carbonyl (C=O) groups excluding carboxylic acids is 1. The number of likely N-dealkylation sites (N-methyl/N-ethyl adjacent to an activating group) is 1. The number of aromatic nitrogens is 2. The standard InChI is InChI=1S/C20H32N6O/c1-24-9-11-25(12-10-24)20(27)7-4-16-3-2-8-26(14-16)19-13-18(21-15-22-19)23-17-5-6-17/h13,15-17H,2-12,14H2,1H3,(H,21,22,23). The Labute approximate surface area is 162 Å². The van der Waals surface area contributed by atoms with Gasteiger partial charge < -0.3 is 20.0 Å². The summed E-state index contributed by atoms with van der Waals surface area (Å²) in [4.78, 5) is 28.1. The smallest absolute Gasteiger partial charge is 0.222 e. The van der Waals surface area contributed by atoms with Gasteiger partial charge in [-0.15, -0.1) is 0 Å². The van der Waals surface area contributed by atoms with Gasteiger partial charge in [-0.1, -0.05) is 0 Å². The number of carbonyl (C=O) groups is 1. The molecule has 1 N–H and O–H groups in total. The summed E-state index contributed by atoms with van der Waals surface area (Å²) in [6.07, 6.45) is 8.20. The summed E-state index contributed by atoms with van der Waals surface area (Å²) in [5.74, 6) is 2.86. The van der Waals surface area contributed by atoms with Crippen molar-refractivity contribution in [2.75, 3.05) is 56.5 Å². The maximum absolute atomic E-state index is 12.5. The molecule has 0 spiro atoms. The van der Waals surface area contributed by atoms with Crippen LogP contribution in [0.3, 0.4) is 0 Å². The van der Waals surface area contributed by atoms with Gasteiger partial charge in [0.25, 0.3) is 0 Å². The molecular formula is C20H32N6O. The number of hydrogen-bond acceptors (Lipinski definition) is 6. The van der Waals surface area contributed by atoms with Crippen LogP contribution in [0.1, 0.15) is 38.5 Å². The Balaban J connectivity index is 1.27. The van der Waals surface area contributed by atoms with Crippen LogP contribution >= 0.6 is 0 Å². The molecule has 7 heteroatoms. The summed E-state index contributed by atoms with van der Waals surface area (Å²) < 4.78 is 0. The Morgan fingerprint density at radius 2 is 1.96 bits per heavy atom. The van der Waals surface area contributed by atoms with E-state index in [-0.39, 0.29) is 0 Å². The summed E-state index contributed by atoms with van der Waals surface area (Å²) in [6.45, 7) is 5.79. The minimum Gasteiger partial charge on any atom is -0.367 e. The monoisotopic (exact) mass is 372 g/mol. The molecule has 4 rings (SSSR count). The molecule has 1 atom stereocenters. The molecule has 1 aromatic heterocycles. The lowest BCUT2D eigenvalue weighted by molar-refractivity contribution is -0.133. The number of nitrogens with zero attached hydrogens (tertiary/aromatic N) is 5. The number of piperidine rings is 1. The molecule has 0 bridgehead atoms. The normalized spacial score (nSPS) is 24.1. The molecule has 1 unspecified atom stereocenters. The van der Waals surface area contributed by atoms with Crippen LogP contribution in [0.15, 0.2) is 12.4 Å². The first-order valence-corrected chi connectivity index (χ1v) is 10.5. The molecule has 0 radical (unpaired) electrons. The first-order chi connectivity index (χ1) is 13.2. The van der Waals surface area contributed by atoms with E-state index in [9.17, 15) is 4.79 Å². The van der Waals surface area contributed by atoms with Gasteiger partial charge in [-0.3, -0.25) is 4.79 Å². The minimum atomic E-state index is 0.332. The summed E-state index contributed by atoms with van der Waals surface area (Å²) in [5.41, 5.74) is 0. The Morgan fingerprint density at radius 1 is 1.15 bits per heavy atom. The van der Waals surface area contributed by atoms with E-state index in [0.717, 1.165) is 57.3 Å². The molecule has 1 aromatic rings. The number of hydrogen-bond donors (Lipinski definition) is 1. The van der Waals surface area contributed by atoms with Gasteiger partial charge in [0.05, 0.1) is 0 Å². The van der Waals surface area contributed by atoms with Gasteiger partial charge in [0, 0.05) is 57.8 Å². The van der Waals surface area contributed by atoms with Crippen LogP contribution in [-0.4, -0.2) is 78.0 Å². The lowest BCUT2D eigenvalue weighted by Gasteiger charge is -2.35. The van der Waals surface area contributed by atoms with Gasteiger partial charge in [0.1, 0.15) is 18.0 Å². The van der Waals surface area contributed by atoms with Crippen LogP contribution in [0.25, 0.3) is 0 Å². The molecule has 0 aromatic carbocycles. The summed E-state index contributed by atoms with van der Waals surface area (Å²) in [6, 6.07) is 2.68. The Kier molecular flexibility index (Phi) is 5.76. The number of nitrogens with one attached hydrogen (secondary N) is 1. The maximum atomic E-state index is 12.5. The zero-order valence-electron chi connectivity index (χ0n) is 16.4. The summed E-state index contributed by atoms with van der Waals surface area (Å²) in [7, 11) is 2.12. The zero-order valence-corrected chi connectivity index (χ0v) is 16.4.